The van der Waals surface area contributed by atoms with E-state index in [1.165, 1.54) is 0 Å². The number of hydrogen-bond acceptors (Lipinski definition) is 4. The van der Waals surface area contributed by atoms with E-state index < -0.39 is 14.2 Å². The molecule has 0 aromatic carbocycles. The Morgan fingerprint density at radius 3 is 2.42 bits per heavy atom. The Hall–Kier alpha value is -0.493. The molecule has 0 unspecified atom stereocenters. The number of ether oxygens (including phenoxy) is 3. The van der Waals surface area contributed by atoms with Gasteiger partial charge in [-0.2, -0.15) is 0 Å². The van der Waals surface area contributed by atoms with E-state index in [4.69, 9.17) is 14.2 Å². The van der Waals surface area contributed by atoms with Crippen LogP contribution in [0.3, 0.4) is 0 Å². The molecular weight excluding hydrogens is 260 g/mol. The van der Waals surface area contributed by atoms with Crippen LogP contribution in [0.2, 0.25) is 25.7 Å². The zero-order valence-corrected chi connectivity index (χ0v) is 13.9. The van der Waals surface area contributed by atoms with E-state index in [1.807, 2.05) is 6.92 Å². The second-order valence-corrected chi connectivity index (χ2v) is 11.7. The van der Waals surface area contributed by atoms with Crippen LogP contribution in [0.15, 0.2) is 12.2 Å². The molecule has 4 nitrogen and oxygen atoms in total. The van der Waals surface area contributed by atoms with Gasteiger partial charge in [0.15, 0.2) is 6.29 Å². The lowest BCUT2D eigenvalue weighted by Gasteiger charge is -2.22. The van der Waals surface area contributed by atoms with E-state index in [-0.39, 0.29) is 12.9 Å². The van der Waals surface area contributed by atoms with Gasteiger partial charge in [-0.3, -0.25) is 0 Å². The highest BCUT2D eigenvalue weighted by atomic mass is 28.3. The quantitative estimate of drug-likeness (QED) is 0.193. The third kappa shape index (κ3) is 10.0. The van der Waals surface area contributed by atoms with Crippen LogP contribution in [-0.4, -0.2) is 47.1 Å². The monoisotopic (exact) mass is 288 g/mol. The lowest BCUT2D eigenvalue weighted by molar-refractivity contribution is -0.147. The molecule has 0 aliphatic rings. The molecule has 0 bridgehead atoms. The SMILES string of the molecule is C=C(C)C[C@H](OC)[C@@H](C=O)OCOCC[Si](C)(C)C. The zero-order valence-electron chi connectivity index (χ0n) is 12.9. The third-order valence-corrected chi connectivity index (χ3v) is 4.40. The molecule has 0 N–H and O–H groups in total. The van der Waals surface area contributed by atoms with Crippen LogP contribution in [0.5, 0.6) is 0 Å². The average molecular weight is 288 g/mol. The van der Waals surface area contributed by atoms with Gasteiger partial charge in [-0.15, -0.1) is 6.58 Å². The van der Waals surface area contributed by atoms with E-state index in [2.05, 4.69) is 26.2 Å². The van der Waals surface area contributed by atoms with Crippen molar-refractivity contribution in [2.45, 2.75) is 51.2 Å². The minimum atomic E-state index is -1.08. The van der Waals surface area contributed by atoms with E-state index >= 15 is 0 Å². The Morgan fingerprint density at radius 2 is 2.00 bits per heavy atom. The fourth-order valence-electron chi connectivity index (χ4n) is 1.48. The highest BCUT2D eigenvalue weighted by molar-refractivity contribution is 6.76. The Kier molecular flexibility index (Phi) is 9.17. The lowest BCUT2D eigenvalue weighted by atomic mass is 10.1. The van der Waals surface area contributed by atoms with Gasteiger partial charge in [-0.05, 0) is 19.4 Å². The smallest absolute Gasteiger partial charge is 0.151 e. The molecule has 112 valence electrons. The molecule has 0 heterocycles. The van der Waals surface area contributed by atoms with Gasteiger partial charge in [0.1, 0.15) is 12.9 Å². The van der Waals surface area contributed by atoms with Crippen LogP contribution in [0.1, 0.15) is 13.3 Å². The molecule has 0 aliphatic carbocycles. The van der Waals surface area contributed by atoms with Gasteiger partial charge in [-0.25, -0.2) is 0 Å². The number of carbonyl (C=O) groups is 1. The average Bonchev–Trinajstić information content (AvgIpc) is 2.29. The van der Waals surface area contributed by atoms with Crippen LogP contribution in [0.4, 0.5) is 0 Å². The molecule has 2 atom stereocenters. The Morgan fingerprint density at radius 1 is 1.37 bits per heavy atom. The summed E-state index contributed by atoms with van der Waals surface area (Å²) in [7, 11) is 0.489. The van der Waals surface area contributed by atoms with Gasteiger partial charge in [-0.1, -0.05) is 25.2 Å². The van der Waals surface area contributed by atoms with E-state index in [9.17, 15) is 4.79 Å². The van der Waals surface area contributed by atoms with Gasteiger partial charge < -0.3 is 19.0 Å². The molecule has 0 saturated heterocycles. The minimum Gasteiger partial charge on any atom is -0.378 e. The van der Waals surface area contributed by atoms with Gasteiger partial charge in [0.05, 0.1) is 6.10 Å². The number of hydrogen-bond donors (Lipinski definition) is 0. The van der Waals surface area contributed by atoms with Crippen molar-refractivity contribution >= 4 is 14.4 Å². The normalized spacial score (nSPS) is 15.0. The maximum absolute atomic E-state index is 11.0. The molecule has 0 amide bonds. The van der Waals surface area contributed by atoms with Crippen molar-refractivity contribution in [2.24, 2.45) is 0 Å². The molecule has 0 spiro atoms. The third-order valence-electron chi connectivity index (χ3n) is 2.69. The van der Waals surface area contributed by atoms with Gasteiger partial charge in [0.25, 0.3) is 0 Å². The molecule has 0 fully saturated rings. The minimum absolute atomic E-state index is 0.129. The molecule has 0 saturated carbocycles. The van der Waals surface area contributed by atoms with Crippen LogP contribution in [0.25, 0.3) is 0 Å². The fourth-order valence-corrected chi connectivity index (χ4v) is 2.23. The highest BCUT2D eigenvalue weighted by Crippen LogP contribution is 2.12. The predicted molar refractivity (Wildman–Crippen MR) is 80.1 cm³/mol. The molecule has 0 aromatic rings. The second-order valence-electron chi connectivity index (χ2n) is 6.04. The van der Waals surface area contributed by atoms with Crippen molar-refractivity contribution in [1.82, 2.24) is 0 Å². The molecule has 19 heavy (non-hydrogen) atoms. The van der Waals surface area contributed by atoms with Crippen molar-refractivity contribution in [2.75, 3.05) is 20.5 Å². The Balaban J connectivity index is 3.98. The van der Waals surface area contributed by atoms with E-state index in [0.29, 0.717) is 13.0 Å². The molecule has 0 rings (SSSR count). The summed E-state index contributed by atoms with van der Waals surface area (Å²) in [5.74, 6) is 0. The predicted octanol–water partition coefficient (Wildman–Crippen LogP) is 2.86. The van der Waals surface area contributed by atoms with Crippen molar-refractivity contribution < 1.29 is 19.0 Å². The summed E-state index contributed by atoms with van der Waals surface area (Å²) in [5, 5.41) is 0. The molecule has 0 aliphatic heterocycles. The van der Waals surface area contributed by atoms with E-state index in [1.54, 1.807) is 7.11 Å². The van der Waals surface area contributed by atoms with Crippen molar-refractivity contribution in [3.05, 3.63) is 12.2 Å². The van der Waals surface area contributed by atoms with E-state index in [0.717, 1.165) is 17.9 Å². The van der Waals surface area contributed by atoms with Crippen molar-refractivity contribution in [3.8, 4) is 0 Å². The second kappa shape index (κ2) is 9.42. The maximum Gasteiger partial charge on any atom is 0.151 e. The number of rotatable bonds is 11. The van der Waals surface area contributed by atoms with Gasteiger partial charge in [0.2, 0.25) is 0 Å². The summed E-state index contributed by atoms with van der Waals surface area (Å²) >= 11 is 0. The fraction of sp³-hybridized carbons (Fsp3) is 0.786. The zero-order chi connectivity index (χ0) is 14.9. The number of methoxy groups -OCH3 is 1. The highest BCUT2D eigenvalue weighted by Gasteiger charge is 2.21. The molecule has 0 radical (unpaired) electrons. The topological polar surface area (TPSA) is 44.8 Å². The first-order chi connectivity index (χ1) is 8.80. The summed E-state index contributed by atoms with van der Waals surface area (Å²) in [6.45, 7) is 13.4. The Labute approximate surface area is 118 Å². The largest absolute Gasteiger partial charge is 0.378 e. The standard InChI is InChI=1S/C14H28O4Si/c1-12(2)9-13(16-3)14(10-15)18-11-17-7-8-19(4,5)6/h10,13-14H,1,7-9,11H2,2-6H3/t13-,14+/m0/s1. The van der Waals surface area contributed by atoms with Crippen molar-refractivity contribution in [1.29, 1.82) is 0 Å². The number of carbonyl (C=O) groups excluding carboxylic acids is 1. The first-order valence-electron chi connectivity index (χ1n) is 6.62. The van der Waals surface area contributed by atoms with Crippen LogP contribution < -0.4 is 0 Å². The summed E-state index contributed by atoms with van der Waals surface area (Å²) in [6, 6.07) is 1.08. The lowest BCUT2D eigenvalue weighted by Crippen LogP contribution is -2.33. The summed E-state index contributed by atoms with van der Waals surface area (Å²) < 4.78 is 16.1. The number of aldehydes is 1. The molecule has 0 aromatic heterocycles. The van der Waals surface area contributed by atoms with Crippen LogP contribution >= 0.6 is 0 Å². The van der Waals surface area contributed by atoms with Crippen LogP contribution in [0, 0.1) is 0 Å². The molecular formula is C14H28O4Si. The van der Waals surface area contributed by atoms with Crippen molar-refractivity contribution in [3.63, 3.8) is 0 Å². The summed E-state index contributed by atoms with van der Waals surface area (Å²) in [5.41, 5.74) is 0.960. The van der Waals surface area contributed by atoms with Gasteiger partial charge >= 0.3 is 0 Å². The van der Waals surface area contributed by atoms with Crippen LogP contribution in [-0.2, 0) is 19.0 Å². The summed E-state index contributed by atoms with van der Waals surface area (Å²) in [4.78, 5) is 11.0. The van der Waals surface area contributed by atoms with Gasteiger partial charge in [0, 0.05) is 21.8 Å². The maximum atomic E-state index is 11.0. The summed E-state index contributed by atoms with van der Waals surface area (Å²) in [6.07, 6.45) is 0.470. The molecule has 5 heteroatoms. The first kappa shape index (κ1) is 18.5. The Bertz CT molecular complexity index is 273. The first-order valence-corrected chi connectivity index (χ1v) is 10.3.